The summed E-state index contributed by atoms with van der Waals surface area (Å²) in [6.07, 6.45) is 9.46. The van der Waals surface area contributed by atoms with Crippen LogP contribution in [0.25, 0.3) is 0 Å². The smallest absolute Gasteiger partial charge is 0.278 e. The molecule has 0 bridgehead atoms. The van der Waals surface area contributed by atoms with E-state index in [0.717, 1.165) is 36.1 Å². The number of nitrogens with zero attached hydrogens (tertiary/aromatic N) is 4. The van der Waals surface area contributed by atoms with Crippen molar-refractivity contribution in [3.8, 4) is 0 Å². The van der Waals surface area contributed by atoms with Gasteiger partial charge in [-0.1, -0.05) is 0 Å². The highest BCUT2D eigenvalue weighted by molar-refractivity contribution is 7.17. The van der Waals surface area contributed by atoms with E-state index in [-0.39, 0.29) is 28.9 Å². The lowest BCUT2D eigenvalue weighted by Crippen LogP contribution is -2.26. The van der Waals surface area contributed by atoms with Gasteiger partial charge in [0.05, 0.1) is 29.8 Å². The van der Waals surface area contributed by atoms with Crippen molar-refractivity contribution in [2.24, 2.45) is 0 Å². The molecular formula is C22H23N7O3S. The van der Waals surface area contributed by atoms with Gasteiger partial charge in [-0.25, -0.2) is 19.9 Å². The number of ketones is 1. The Morgan fingerprint density at radius 1 is 1.06 bits per heavy atom. The summed E-state index contributed by atoms with van der Waals surface area (Å²) in [6, 6.07) is 0. The maximum absolute atomic E-state index is 13.3. The molecule has 3 aromatic rings. The topological polar surface area (TPSA) is 139 Å². The largest absolute Gasteiger partial charge is 0.352 e. The quantitative estimate of drug-likeness (QED) is 0.452. The van der Waals surface area contributed by atoms with Crippen molar-refractivity contribution in [1.29, 1.82) is 0 Å². The molecule has 0 radical (unpaired) electrons. The first-order valence-corrected chi connectivity index (χ1v) is 11.4. The number of carbonyl (C=O) groups is 3. The molecule has 0 saturated carbocycles. The van der Waals surface area contributed by atoms with Gasteiger partial charge in [0.15, 0.2) is 17.3 Å². The predicted molar refractivity (Wildman–Crippen MR) is 124 cm³/mol. The van der Waals surface area contributed by atoms with Crippen molar-refractivity contribution >= 4 is 45.4 Å². The van der Waals surface area contributed by atoms with Crippen LogP contribution >= 0.6 is 11.3 Å². The highest BCUT2D eigenvalue weighted by atomic mass is 32.1. The molecule has 3 N–H and O–H groups in total. The minimum absolute atomic E-state index is 0.0597. The molecule has 3 aromatic heterocycles. The molecule has 4 rings (SSSR count). The van der Waals surface area contributed by atoms with Crippen molar-refractivity contribution in [2.45, 2.75) is 39.5 Å². The van der Waals surface area contributed by atoms with Crippen LogP contribution in [-0.4, -0.2) is 44.1 Å². The standard InChI is InChI=1S/C22H23N7O3S/c1-3-25-20(31)17-14-6-4-5-7-16(14)33-22(17)29-21(32)18-19(26-10-15(28-18)12(2)30)27-13-8-23-11-24-9-13/h8-11H,3-7H2,1-2H3,(H,25,31)(H,26,27)(H,29,32). The van der Waals surface area contributed by atoms with E-state index in [1.807, 2.05) is 6.92 Å². The monoisotopic (exact) mass is 465 g/mol. The molecule has 0 aliphatic heterocycles. The zero-order valence-corrected chi connectivity index (χ0v) is 19.1. The second-order valence-electron chi connectivity index (χ2n) is 7.49. The molecule has 3 heterocycles. The molecule has 2 amide bonds. The van der Waals surface area contributed by atoms with Gasteiger partial charge in [0.25, 0.3) is 11.8 Å². The van der Waals surface area contributed by atoms with Gasteiger partial charge in [-0.05, 0) is 38.2 Å². The number of fused-ring (bicyclic) bond motifs is 1. The number of carbonyl (C=O) groups excluding carboxylic acids is 3. The van der Waals surface area contributed by atoms with Crippen LogP contribution in [0.15, 0.2) is 24.9 Å². The Bertz CT molecular complexity index is 1210. The number of hydrogen-bond acceptors (Lipinski definition) is 9. The van der Waals surface area contributed by atoms with Crippen LogP contribution in [0, 0.1) is 0 Å². The second kappa shape index (κ2) is 9.82. The average Bonchev–Trinajstić information content (AvgIpc) is 3.17. The van der Waals surface area contributed by atoms with Gasteiger partial charge in [-0.3, -0.25) is 14.4 Å². The maximum atomic E-state index is 13.3. The lowest BCUT2D eigenvalue weighted by Gasteiger charge is -2.13. The molecule has 0 atom stereocenters. The summed E-state index contributed by atoms with van der Waals surface area (Å²) in [6.45, 7) is 3.68. The van der Waals surface area contributed by atoms with E-state index in [1.165, 1.54) is 43.2 Å². The minimum atomic E-state index is -0.575. The number of aromatic nitrogens is 4. The van der Waals surface area contributed by atoms with E-state index in [4.69, 9.17) is 0 Å². The van der Waals surface area contributed by atoms with Gasteiger partial charge in [0, 0.05) is 18.3 Å². The van der Waals surface area contributed by atoms with E-state index < -0.39 is 5.91 Å². The Hall–Kier alpha value is -3.73. The zero-order valence-electron chi connectivity index (χ0n) is 18.3. The third kappa shape index (κ3) is 4.87. The van der Waals surface area contributed by atoms with Crippen molar-refractivity contribution in [3.63, 3.8) is 0 Å². The molecule has 1 aliphatic rings. The number of Topliss-reactive ketones (excluding diaryl/α,β-unsaturated/α-hetero) is 1. The molecule has 0 aromatic carbocycles. The van der Waals surface area contributed by atoms with Crippen molar-refractivity contribution in [3.05, 3.63) is 52.3 Å². The number of aryl methyl sites for hydroxylation is 1. The molecule has 0 unspecified atom stereocenters. The van der Waals surface area contributed by atoms with E-state index in [0.29, 0.717) is 22.8 Å². The Morgan fingerprint density at radius 3 is 2.55 bits per heavy atom. The molecule has 10 nitrogen and oxygen atoms in total. The first-order valence-electron chi connectivity index (χ1n) is 10.6. The fraction of sp³-hybridized carbons (Fsp3) is 0.318. The summed E-state index contributed by atoms with van der Waals surface area (Å²) < 4.78 is 0. The van der Waals surface area contributed by atoms with Gasteiger partial charge in [0.2, 0.25) is 0 Å². The van der Waals surface area contributed by atoms with Crippen LogP contribution in [0.5, 0.6) is 0 Å². The Balaban J connectivity index is 1.71. The second-order valence-corrected chi connectivity index (χ2v) is 8.59. The van der Waals surface area contributed by atoms with Crippen LogP contribution in [0.3, 0.4) is 0 Å². The fourth-order valence-electron chi connectivity index (χ4n) is 3.61. The number of nitrogens with one attached hydrogen (secondary N) is 3. The van der Waals surface area contributed by atoms with Gasteiger partial charge in [0.1, 0.15) is 17.0 Å². The van der Waals surface area contributed by atoms with Gasteiger partial charge >= 0.3 is 0 Å². The minimum Gasteiger partial charge on any atom is -0.352 e. The van der Waals surface area contributed by atoms with Crippen LogP contribution < -0.4 is 16.0 Å². The third-order valence-electron chi connectivity index (χ3n) is 5.13. The predicted octanol–water partition coefficient (Wildman–Crippen LogP) is 3.16. The fourth-order valence-corrected chi connectivity index (χ4v) is 4.90. The molecule has 0 fully saturated rings. The van der Waals surface area contributed by atoms with Crippen molar-refractivity contribution in [2.75, 3.05) is 17.2 Å². The summed E-state index contributed by atoms with van der Waals surface area (Å²) >= 11 is 1.41. The molecule has 1 aliphatic carbocycles. The Morgan fingerprint density at radius 2 is 1.82 bits per heavy atom. The zero-order chi connectivity index (χ0) is 23.4. The first-order chi connectivity index (χ1) is 16.0. The summed E-state index contributed by atoms with van der Waals surface area (Å²) in [5.74, 6) is -0.960. The molecular weight excluding hydrogens is 442 g/mol. The van der Waals surface area contributed by atoms with Gasteiger partial charge < -0.3 is 16.0 Å². The van der Waals surface area contributed by atoms with Crippen molar-refractivity contribution < 1.29 is 14.4 Å². The number of thiophene rings is 1. The number of rotatable bonds is 7. The van der Waals surface area contributed by atoms with E-state index in [9.17, 15) is 14.4 Å². The van der Waals surface area contributed by atoms with E-state index >= 15 is 0 Å². The van der Waals surface area contributed by atoms with E-state index in [2.05, 4.69) is 35.9 Å². The number of hydrogen-bond donors (Lipinski definition) is 3. The summed E-state index contributed by atoms with van der Waals surface area (Å²) in [7, 11) is 0. The van der Waals surface area contributed by atoms with Crippen LogP contribution in [0.1, 0.15) is 68.5 Å². The Labute approximate surface area is 194 Å². The SMILES string of the molecule is CCNC(=O)c1c(NC(=O)c2nc(C(C)=O)cnc2Nc2cncnc2)sc2c1CCCC2. The first kappa shape index (κ1) is 22.5. The number of amides is 2. The molecule has 11 heteroatoms. The van der Waals surface area contributed by atoms with Crippen molar-refractivity contribution in [1.82, 2.24) is 25.3 Å². The third-order valence-corrected chi connectivity index (χ3v) is 6.34. The molecule has 170 valence electrons. The lowest BCUT2D eigenvalue weighted by atomic mass is 9.95. The van der Waals surface area contributed by atoms with Crippen LogP contribution in [0.4, 0.5) is 16.5 Å². The van der Waals surface area contributed by atoms with Gasteiger partial charge in [-0.2, -0.15) is 0 Å². The number of anilines is 3. The molecule has 0 saturated heterocycles. The summed E-state index contributed by atoms with van der Waals surface area (Å²) in [5, 5.41) is 9.13. The maximum Gasteiger partial charge on any atom is 0.278 e. The molecule has 0 spiro atoms. The van der Waals surface area contributed by atoms with E-state index in [1.54, 1.807) is 0 Å². The van der Waals surface area contributed by atoms with Gasteiger partial charge in [-0.15, -0.1) is 11.3 Å². The Kier molecular flexibility index (Phi) is 6.68. The highest BCUT2D eigenvalue weighted by Gasteiger charge is 2.27. The lowest BCUT2D eigenvalue weighted by molar-refractivity contribution is 0.0954. The summed E-state index contributed by atoms with van der Waals surface area (Å²) in [4.78, 5) is 55.4. The normalized spacial score (nSPS) is 12.5. The molecule has 33 heavy (non-hydrogen) atoms. The average molecular weight is 466 g/mol. The summed E-state index contributed by atoms with van der Waals surface area (Å²) in [5.41, 5.74) is 2.00. The highest BCUT2D eigenvalue weighted by Crippen LogP contribution is 2.38. The van der Waals surface area contributed by atoms with Crippen LogP contribution in [-0.2, 0) is 12.8 Å². The van der Waals surface area contributed by atoms with Crippen LogP contribution in [0.2, 0.25) is 0 Å².